The molecule has 0 aromatic heterocycles. The minimum absolute atomic E-state index is 0.0557. The van der Waals surface area contributed by atoms with Crippen LogP contribution in [0, 0.1) is 5.92 Å². The van der Waals surface area contributed by atoms with E-state index in [0.717, 1.165) is 44.2 Å². The number of carbonyl (C=O) groups excluding carboxylic acids is 1. The number of benzene rings is 1. The highest BCUT2D eigenvalue weighted by Gasteiger charge is 2.27. The number of methoxy groups -OCH3 is 1. The molecule has 6 heteroatoms. The fourth-order valence-corrected chi connectivity index (χ4v) is 3.05. The summed E-state index contributed by atoms with van der Waals surface area (Å²) in [6.45, 7) is 9.06. The van der Waals surface area contributed by atoms with Crippen molar-refractivity contribution >= 4 is 11.9 Å². The van der Waals surface area contributed by atoms with E-state index in [2.05, 4.69) is 34.7 Å². The maximum Gasteiger partial charge on any atom is 0.225 e. The van der Waals surface area contributed by atoms with Crippen molar-refractivity contribution in [3.05, 3.63) is 29.8 Å². The molecule has 1 saturated heterocycles. The summed E-state index contributed by atoms with van der Waals surface area (Å²) in [6, 6.07) is 8.35. The summed E-state index contributed by atoms with van der Waals surface area (Å²) in [5, 5.41) is 6.77. The van der Waals surface area contributed by atoms with Crippen LogP contribution in [0.25, 0.3) is 0 Å². The van der Waals surface area contributed by atoms with Crippen LogP contribution in [0.4, 0.5) is 0 Å². The molecular weight excluding hydrogens is 328 g/mol. The lowest BCUT2D eigenvalue weighted by Gasteiger charge is -2.20. The van der Waals surface area contributed by atoms with Crippen LogP contribution in [-0.4, -0.2) is 56.1 Å². The number of amides is 1. The van der Waals surface area contributed by atoms with Gasteiger partial charge in [-0.2, -0.15) is 0 Å². The quantitative estimate of drug-likeness (QED) is 0.577. The molecule has 26 heavy (non-hydrogen) atoms. The number of ether oxygens (including phenoxy) is 1. The summed E-state index contributed by atoms with van der Waals surface area (Å²) in [5.41, 5.74) is 1.24. The molecule has 2 rings (SSSR count). The number of rotatable bonds is 7. The Balaban J connectivity index is 1.85. The SMILES string of the molecule is CCNC(=NCCc1ccc(OC)cc1)NC1CCN(C(=O)C(C)C)C1. The van der Waals surface area contributed by atoms with Gasteiger partial charge in [0.1, 0.15) is 5.75 Å². The van der Waals surface area contributed by atoms with Gasteiger partial charge in [0.25, 0.3) is 0 Å². The smallest absolute Gasteiger partial charge is 0.225 e. The van der Waals surface area contributed by atoms with Crippen LogP contribution >= 0.6 is 0 Å². The zero-order valence-corrected chi connectivity index (χ0v) is 16.4. The Morgan fingerprint density at radius 1 is 1.35 bits per heavy atom. The molecule has 0 aliphatic carbocycles. The molecule has 1 aliphatic heterocycles. The van der Waals surface area contributed by atoms with Crippen molar-refractivity contribution in [1.29, 1.82) is 0 Å². The highest BCUT2D eigenvalue weighted by atomic mass is 16.5. The molecule has 0 saturated carbocycles. The van der Waals surface area contributed by atoms with Gasteiger partial charge >= 0.3 is 0 Å². The van der Waals surface area contributed by atoms with Gasteiger partial charge in [-0.05, 0) is 37.5 Å². The highest BCUT2D eigenvalue weighted by Crippen LogP contribution is 2.13. The van der Waals surface area contributed by atoms with E-state index in [1.165, 1.54) is 5.56 Å². The van der Waals surface area contributed by atoms with E-state index in [1.807, 2.05) is 30.9 Å². The summed E-state index contributed by atoms with van der Waals surface area (Å²) in [6.07, 6.45) is 1.84. The normalized spacial score (nSPS) is 17.5. The predicted molar refractivity (Wildman–Crippen MR) is 106 cm³/mol. The Morgan fingerprint density at radius 3 is 2.69 bits per heavy atom. The van der Waals surface area contributed by atoms with Gasteiger partial charge in [-0.3, -0.25) is 9.79 Å². The summed E-state index contributed by atoms with van der Waals surface area (Å²) < 4.78 is 5.18. The van der Waals surface area contributed by atoms with Gasteiger partial charge in [0.15, 0.2) is 5.96 Å². The molecule has 1 aliphatic rings. The van der Waals surface area contributed by atoms with Crippen molar-refractivity contribution in [3.8, 4) is 5.75 Å². The zero-order valence-electron chi connectivity index (χ0n) is 16.4. The maximum atomic E-state index is 12.1. The van der Waals surface area contributed by atoms with E-state index in [9.17, 15) is 4.79 Å². The lowest BCUT2D eigenvalue weighted by atomic mass is 10.1. The molecular formula is C20H32N4O2. The molecule has 6 nitrogen and oxygen atoms in total. The predicted octanol–water partition coefficient (Wildman–Crippen LogP) is 2.05. The first-order valence-electron chi connectivity index (χ1n) is 9.50. The van der Waals surface area contributed by atoms with Crippen molar-refractivity contribution in [1.82, 2.24) is 15.5 Å². The third kappa shape index (κ3) is 5.93. The van der Waals surface area contributed by atoms with Crippen molar-refractivity contribution in [2.75, 3.05) is 33.3 Å². The molecule has 1 atom stereocenters. The number of carbonyl (C=O) groups is 1. The summed E-state index contributed by atoms with van der Waals surface area (Å²) in [5.74, 6) is 1.98. The number of nitrogens with zero attached hydrogens (tertiary/aromatic N) is 2. The molecule has 0 spiro atoms. The van der Waals surface area contributed by atoms with Crippen LogP contribution in [0.3, 0.4) is 0 Å². The zero-order chi connectivity index (χ0) is 18.9. The van der Waals surface area contributed by atoms with E-state index in [-0.39, 0.29) is 17.9 Å². The second-order valence-electron chi connectivity index (χ2n) is 6.93. The molecule has 1 amide bonds. The van der Waals surface area contributed by atoms with Gasteiger partial charge in [0.05, 0.1) is 7.11 Å². The lowest BCUT2D eigenvalue weighted by Crippen LogP contribution is -2.45. The topological polar surface area (TPSA) is 66.0 Å². The van der Waals surface area contributed by atoms with Crippen LogP contribution in [0.2, 0.25) is 0 Å². The third-order valence-electron chi connectivity index (χ3n) is 4.51. The average molecular weight is 361 g/mol. The van der Waals surface area contributed by atoms with Crippen molar-refractivity contribution < 1.29 is 9.53 Å². The molecule has 0 radical (unpaired) electrons. The Bertz CT molecular complexity index is 598. The first kappa shape index (κ1) is 20.1. The van der Waals surface area contributed by atoms with Gasteiger partial charge in [-0.1, -0.05) is 26.0 Å². The van der Waals surface area contributed by atoms with Crippen LogP contribution < -0.4 is 15.4 Å². The van der Waals surface area contributed by atoms with E-state index in [0.29, 0.717) is 6.54 Å². The molecule has 1 aromatic rings. The Labute approximate surface area is 157 Å². The summed E-state index contributed by atoms with van der Waals surface area (Å²) >= 11 is 0. The number of guanidine groups is 1. The van der Waals surface area contributed by atoms with Crippen LogP contribution in [0.5, 0.6) is 5.75 Å². The van der Waals surface area contributed by atoms with Gasteiger partial charge in [0, 0.05) is 38.1 Å². The number of hydrogen-bond acceptors (Lipinski definition) is 3. The van der Waals surface area contributed by atoms with E-state index in [1.54, 1.807) is 7.11 Å². The van der Waals surface area contributed by atoms with E-state index >= 15 is 0 Å². The monoisotopic (exact) mass is 360 g/mol. The minimum atomic E-state index is 0.0557. The van der Waals surface area contributed by atoms with Crippen molar-refractivity contribution in [2.24, 2.45) is 10.9 Å². The number of likely N-dealkylation sites (tertiary alicyclic amines) is 1. The Morgan fingerprint density at radius 2 is 2.08 bits per heavy atom. The second-order valence-corrected chi connectivity index (χ2v) is 6.93. The van der Waals surface area contributed by atoms with Gasteiger partial charge in [-0.15, -0.1) is 0 Å². The third-order valence-corrected chi connectivity index (χ3v) is 4.51. The highest BCUT2D eigenvalue weighted by molar-refractivity contribution is 5.81. The van der Waals surface area contributed by atoms with Gasteiger partial charge in [-0.25, -0.2) is 0 Å². The van der Waals surface area contributed by atoms with Crippen LogP contribution in [0.1, 0.15) is 32.8 Å². The fraction of sp³-hybridized carbons (Fsp3) is 0.600. The van der Waals surface area contributed by atoms with E-state index < -0.39 is 0 Å². The first-order chi connectivity index (χ1) is 12.5. The fourth-order valence-electron chi connectivity index (χ4n) is 3.05. The minimum Gasteiger partial charge on any atom is -0.497 e. The Hall–Kier alpha value is -2.24. The van der Waals surface area contributed by atoms with Crippen molar-refractivity contribution in [2.45, 2.75) is 39.7 Å². The second kappa shape index (κ2) is 10.0. The molecule has 1 fully saturated rings. The summed E-state index contributed by atoms with van der Waals surface area (Å²) in [7, 11) is 1.67. The van der Waals surface area contributed by atoms with E-state index in [4.69, 9.17) is 4.74 Å². The van der Waals surface area contributed by atoms with Gasteiger partial charge in [0.2, 0.25) is 5.91 Å². The molecule has 0 bridgehead atoms. The average Bonchev–Trinajstić information content (AvgIpc) is 3.10. The van der Waals surface area contributed by atoms with Crippen LogP contribution in [0.15, 0.2) is 29.3 Å². The Kier molecular flexibility index (Phi) is 7.75. The molecule has 2 N–H and O–H groups in total. The van der Waals surface area contributed by atoms with Gasteiger partial charge < -0.3 is 20.3 Å². The molecule has 1 heterocycles. The number of nitrogens with one attached hydrogen (secondary N) is 2. The largest absolute Gasteiger partial charge is 0.497 e. The number of hydrogen-bond donors (Lipinski definition) is 2. The molecule has 1 unspecified atom stereocenters. The lowest BCUT2D eigenvalue weighted by molar-refractivity contribution is -0.133. The first-order valence-corrected chi connectivity index (χ1v) is 9.50. The summed E-state index contributed by atoms with van der Waals surface area (Å²) in [4.78, 5) is 18.7. The van der Waals surface area contributed by atoms with Crippen LogP contribution in [-0.2, 0) is 11.2 Å². The van der Waals surface area contributed by atoms with Crippen molar-refractivity contribution in [3.63, 3.8) is 0 Å². The molecule has 144 valence electrons. The standard InChI is InChI=1S/C20H32N4O2/c1-5-21-20(22-12-10-16-6-8-18(26-4)9-7-16)23-17-11-13-24(14-17)19(25)15(2)3/h6-9,15,17H,5,10-14H2,1-4H3,(H2,21,22,23). The maximum absolute atomic E-state index is 12.1. The molecule has 1 aromatic carbocycles. The number of aliphatic imine (C=N–C) groups is 1.